The van der Waals surface area contributed by atoms with Crippen LogP contribution in [0.2, 0.25) is 0 Å². The smallest absolute Gasteiger partial charge is 0.335 e. The Kier molecular flexibility index (Phi) is 5.84. The predicted octanol–water partition coefficient (Wildman–Crippen LogP) is 4.65. The summed E-state index contributed by atoms with van der Waals surface area (Å²) in [6.45, 7) is 5.92. The number of carbonyl (C=O) groups excluding carboxylic acids is 1. The average Bonchev–Trinajstić information content (AvgIpc) is 3.00. The van der Waals surface area contributed by atoms with Crippen molar-refractivity contribution in [2.24, 2.45) is 0 Å². The molecule has 0 spiro atoms. The van der Waals surface area contributed by atoms with Crippen LogP contribution in [0.25, 0.3) is 11.8 Å². The van der Waals surface area contributed by atoms with Crippen LogP contribution in [0.5, 0.6) is 0 Å². The van der Waals surface area contributed by atoms with Crippen molar-refractivity contribution in [2.75, 3.05) is 5.32 Å². The van der Waals surface area contributed by atoms with Gasteiger partial charge in [-0.15, -0.1) is 0 Å². The van der Waals surface area contributed by atoms with E-state index in [9.17, 15) is 14.9 Å². The van der Waals surface area contributed by atoms with Crippen LogP contribution in [0.4, 0.5) is 5.69 Å². The summed E-state index contributed by atoms with van der Waals surface area (Å²) in [4.78, 5) is 23.7. The lowest BCUT2D eigenvalue weighted by Gasteiger charge is -2.10. The number of carboxylic acid groups (broad SMARTS) is 1. The molecule has 6 nitrogen and oxygen atoms in total. The number of carboxylic acids is 1. The van der Waals surface area contributed by atoms with Gasteiger partial charge < -0.3 is 15.0 Å². The molecular weight excluding hydrogens is 378 g/mol. The van der Waals surface area contributed by atoms with Crippen LogP contribution in [-0.4, -0.2) is 21.6 Å². The molecule has 0 aliphatic rings. The fraction of sp³-hybridized carbons (Fsp3) is 0.125. The summed E-state index contributed by atoms with van der Waals surface area (Å²) in [7, 11) is 0. The Morgan fingerprint density at radius 2 is 1.77 bits per heavy atom. The van der Waals surface area contributed by atoms with Crippen molar-refractivity contribution < 1.29 is 14.7 Å². The van der Waals surface area contributed by atoms with Crippen molar-refractivity contribution in [2.45, 2.75) is 20.8 Å². The van der Waals surface area contributed by atoms with Gasteiger partial charge in [0.1, 0.15) is 11.6 Å². The zero-order chi connectivity index (χ0) is 21.8. The number of anilines is 1. The predicted molar refractivity (Wildman–Crippen MR) is 116 cm³/mol. The molecule has 0 unspecified atom stereocenters. The van der Waals surface area contributed by atoms with Crippen LogP contribution in [0, 0.1) is 32.1 Å². The molecule has 0 saturated heterocycles. The van der Waals surface area contributed by atoms with Gasteiger partial charge in [0.25, 0.3) is 5.91 Å². The van der Waals surface area contributed by atoms with E-state index in [1.54, 1.807) is 12.1 Å². The van der Waals surface area contributed by atoms with Crippen molar-refractivity contribution in [3.63, 3.8) is 0 Å². The molecule has 0 radical (unpaired) electrons. The molecule has 30 heavy (non-hydrogen) atoms. The molecular formula is C24H21N3O3. The van der Waals surface area contributed by atoms with E-state index in [0.29, 0.717) is 5.69 Å². The number of rotatable bonds is 5. The monoisotopic (exact) mass is 399 g/mol. The van der Waals surface area contributed by atoms with Gasteiger partial charge in [0.05, 0.1) is 5.56 Å². The highest BCUT2D eigenvalue weighted by Gasteiger charge is 2.14. The zero-order valence-electron chi connectivity index (χ0n) is 16.9. The second kappa shape index (κ2) is 8.50. The third-order valence-corrected chi connectivity index (χ3v) is 4.79. The fourth-order valence-electron chi connectivity index (χ4n) is 3.26. The molecule has 1 amide bonds. The quantitative estimate of drug-likeness (QED) is 0.482. The molecule has 0 aliphatic carbocycles. The SMILES string of the molecule is Cc1ccc(-n2c(C)cc(C=C(C#N)C(=O)Nc3cccc(C(=O)O)c3)c2C)cc1. The van der Waals surface area contributed by atoms with Gasteiger partial charge in [-0.3, -0.25) is 4.79 Å². The van der Waals surface area contributed by atoms with E-state index in [4.69, 9.17) is 5.11 Å². The van der Waals surface area contributed by atoms with Crippen LogP contribution in [-0.2, 0) is 4.79 Å². The van der Waals surface area contributed by atoms with Gasteiger partial charge in [0, 0.05) is 22.8 Å². The van der Waals surface area contributed by atoms with E-state index in [2.05, 4.69) is 9.88 Å². The van der Waals surface area contributed by atoms with Crippen LogP contribution in [0.3, 0.4) is 0 Å². The minimum absolute atomic E-state index is 0.0527. The summed E-state index contributed by atoms with van der Waals surface area (Å²) in [6, 6.07) is 17.8. The summed E-state index contributed by atoms with van der Waals surface area (Å²) in [5.74, 6) is -1.69. The fourth-order valence-corrected chi connectivity index (χ4v) is 3.26. The Morgan fingerprint density at radius 1 is 1.07 bits per heavy atom. The topological polar surface area (TPSA) is 95.1 Å². The van der Waals surface area contributed by atoms with Gasteiger partial charge in [-0.05, 0) is 68.8 Å². The third-order valence-electron chi connectivity index (χ3n) is 4.79. The number of amides is 1. The van der Waals surface area contributed by atoms with Crippen molar-refractivity contribution in [3.8, 4) is 11.8 Å². The number of benzene rings is 2. The van der Waals surface area contributed by atoms with Crippen LogP contribution < -0.4 is 5.32 Å². The number of hydrogen-bond donors (Lipinski definition) is 2. The molecule has 2 N–H and O–H groups in total. The van der Waals surface area contributed by atoms with Crippen LogP contribution in [0.15, 0.2) is 60.2 Å². The van der Waals surface area contributed by atoms with Crippen LogP contribution >= 0.6 is 0 Å². The molecule has 0 fully saturated rings. The summed E-state index contributed by atoms with van der Waals surface area (Å²) >= 11 is 0. The molecule has 2 aromatic carbocycles. The molecule has 0 bridgehead atoms. The van der Waals surface area contributed by atoms with Gasteiger partial charge in [-0.2, -0.15) is 5.26 Å². The first-order chi connectivity index (χ1) is 14.3. The van der Waals surface area contributed by atoms with E-state index in [1.807, 2.05) is 57.2 Å². The summed E-state index contributed by atoms with van der Waals surface area (Å²) in [6.07, 6.45) is 1.55. The molecule has 6 heteroatoms. The Hall–Kier alpha value is -4.11. The summed E-state index contributed by atoms with van der Waals surface area (Å²) in [5.41, 5.74) is 5.11. The maximum absolute atomic E-state index is 12.6. The first-order valence-corrected chi connectivity index (χ1v) is 9.32. The van der Waals surface area contributed by atoms with E-state index < -0.39 is 11.9 Å². The van der Waals surface area contributed by atoms with Crippen molar-refractivity contribution in [3.05, 3.63) is 88.2 Å². The number of nitriles is 1. The molecule has 0 atom stereocenters. The second-order valence-electron chi connectivity index (χ2n) is 7.01. The standard InChI is InChI=1S/C24H21N3O3/c1-15-7-9-22(10-8-15)27-16(2)11-19(17(27)3)12-20(14-25)23(28)26-21-6-4-5-18(13-21)24(29)30/h4-13H,1-3H3,(H,26,28)(H,29,30). The number of nitrogens with zero attached hydrogens (tertiary/aromatic N) is 2. The highest BCUT2D eigenvalue weighted by molar-refractivity contribution is 6.10. The maximum Gasteiger partial charge on any atom is 0.335 e. The van der Waals surface area contributed by atoms with E-state index in [0.717, 1.165) is 28.2 Å². The molecule has 3 aromatic rings. The van der Waals surface area contributed by atoms with E-state index in [-0.39, 0.29) is 11.1 Å². The highest BCUT2D eigenvalue weighted by atomic mass is 16.4. The number of aromatic nitrogens is 1. The number of aryl methyl sites for hydroxylation is 2. The van der Waals surface area contributed by atoms with Crippen molar-refractivity contribution in [1.82, 2.24) is 4.57 Å². The minimum atomic E-state index is -1.09. The Balaban J connectivity index is 1.91. The van der Waals surface area contributed by atoms with E-state index in [1.165, 1.54) is 18.2 Å². The highest BCUT2D eigenvalue weighted by Crippen LogP contribution is 2.23. The number of nitrogens with one attached hydrogen (secondary N) is 1. The lowest BCUT2D eigenvalue weighted by Crippen LogP contribution is -2.14. The molecule has 3 rings (SSSR count). The Bertz CT molecular complexity index is 1200. The summed E-state index contributed by atoms with van der Waals surface area (Å²) in [5, 5.41) is 21.2. The Labute approximate surface area is 174 Å². The Morgan fingerprint density at radius 3 is 2.40 bits per heavy atom. The van der Waals surface area contributed by atoms with Crippen LogP contribution in [0.1, 0.15) is 32.9 Å². The van der Waals surface area contributed by atoms with Gasteiger partial charge in [-0.25, -0.2) is 4.79 Å². The maximum atomic E-state index is 12.6. The molecule has 0 aliphatic heterocycles. The number of carbonyl (C=O) groups is 2. The van der Waals surface area contributed by atoms with Gasteiger partial charge in [0.2, 0.25) is 0 Å². The zero-order valence-corrected chi connectivity index (χ0v) is 16.9. The van der Waals surface area contributed by atoms with Gasteiger partial charge in [-0.1, -0.05) is 23.8 Å². The first-order valence-electron chi connectivity index (χ1n) is 9.32. The lowest BCUT2D eigenvalue weighted by molar-refractivity contribution is -0.112. The lowest BCUT2D eigenvalue weighted by atomic mass is 10.1. The number of aromatic carboxylic acids is 1. The molecule has 150 valence electrons. The molecule has 0 saturated carbocycles. The molecule has 1 heterocycles. The minimum Gasteiger partial charge on any atom is -0.478 e. The third kappa shape index (κ3) is 4.31. The second-order valence-corrected chi connectivity index (χ2v) is 7.01. The average molecular weight is 399 g/mol. The number of hydrogen-bond acceptors (Lipinski definition) is 3. The van der Waals surface area contributed by atoms with E-state index >= 15 is 0 Å². The largest absolute Gasteiger partial charge is 0.478 e. The van der Waals surface area contributed by atoms with Crippen molar-refractivity contribution in [1.29, 1.82) is 5.26 Å². The van der Waals surface area contributed by atoms with Crippen molar-refractivity contribution >= 4 is 23.6 Å². The first kappa shape index (κ1) is 20.6. The van der Waals surface area contributed by atoms with Gasteiger partial charge in [0.15, 0.2) is 0 Å². The summed E-state index contributed by atoms with van der Waals surface area (Å²) < 4.78 is 2.06. The van der Waals surface area contributed by atoms with Gasteiger partial charge >= 0.3 is 5.97 Å². The normalized spacial score (nSPS) is 11.1. The molecule has 1 aromatic heterocycles.